The Bertz CT molecular complexity index is 3610. The summed E-state index contributed by atoms with van der Waals surface area (Å²) >= 11 is 1.83. The van der Waals surface area contributed by atoms with Crippen molar-refractivity contribution >= 4 is 64.2 Å². The third-order valence-corrected chi connectivity index (χ3v) is 12.7. The first-order valence-corrected chi connectivity index (χ1v) is 20.9. The molecule has 0 saturated carbocycles. The van der Waals surface area contributed by atoms with E-state index in [4.69, 9.17) is 19.4 Å². The highest BCUT2D eigenvalue weighted by molar-refractivity contribution is 7.25. The van der Waals surface area contributed by atoms with Gasteiger partial charge >= 0.3 is 0 Å². The predicted octanol–water partition coefficient (Wildman–Crippen LogP) is 15.3. The van der Waals surface area contributed by atoms with Crippen LogP contribution in [0, 0.1) is 0 Å². The summed E-state index contributed by atoms with van der Waals surface area (Å²) in [4.78, 5) is 15.6. The van der Waals surface area contributed by atoms with Crippen molar-refractivity contribution in [2.45, 2.75) is 0 Å². The highest BCUT2D eigenvalue weighted by atomic mass is 32.1. The van der Waals surface area contributed by atoms with Crippen LogP contribution >= 0.6 is 11.3 Å². The summed E-state index contributed by atoms with van der Waals surface area (Å²) in [6, 6.07) is 70.5. The number of hydrogen-bond donors (Lipinski definition) is 0. The van der Waals surface area contributed by atoms with Crippen molar-refractivity contribution in [3.05, 3.63) is 200 Å². The number of hydrogen-bond acceptors (Lipinski definition) is 5. The molecule has 0 unspecified atom stereocenters. The summed E-state index contributed by atoms with van der Waals surface area (Å²) in [5.74, 6) is 1.86. The monoisotopic (exact) mass is 783 g/mol. The van der Waals surface area contributed by atoms with Gasteiger partial charge in [-0.2, -0.15) is 0 Å². The van der Waals surface area contributed by atoms with Crippen LogP contribution in [-0.2, 0) is 0 Å². The van der Waals surface area contributed by atoms with Crippen LogP contribution in [0.4, 0.5) is 0 Å². The molecule has 4 nitrogen and oxygen atoms in total. The molecule has 0 bridgehead atoms. The fourth-order valence-corrected chi connectivity index (χ4v) is 9.75. The molecule has 0 aliphatic heterocycles. The lowest BCUT2D eigenvalue weighted by Gasteiger charge is -2.12. The molecule has 0 spiro atoms. The predicted molar refractivity (Wildman–Crippen MR) is 250 cm³/mol. The number of rotatable bonds is 6. The molecule has 12 rings (SSSR count). The van der Waals surface area contributed by atoms with Crippen molar-refractivity contribution in [3.8, 4) is 67.5 Å². The zero-order valence-electron chi connectivity index (χ0n) is 32.2. The van der Waals surface area contributed by atoms with Gasteiger partial charge in [-0.25, -0.2) is 15.0 Å². The van der Waals surface area contributed by atoms with E-state index in [0.717, 1.165) is 71.7 Å². The van der Waals surface area contributed by atoms with Gasteiger partial charge in [0.05, 0.1) is 0 Å². The molecule has 0 fully saturated rings. The molecule has 3 aromatic heterocycles. The van der Waals surface area contributed by atoms with E-state index in [0.29, 0.717) is 17.5 Å². The second kappa shape index (κ2) is 14.0. The van der Waals surface area contributed by atoms with Crippen molar-refractivity contribution in [1.29, 1.82) is 0 Å². The fraction of sp³-hybridized carbons (Fsp3) is 0. The Morgan fingerprint density at radius 2 is 0.900 bits per heavy atom. The number of thiophene rings is 1. The second-order valence-electron chi connectivity index (χ2n) is 15.2. The molecule has 0 aliphatic rings. The summed E-state index contributed by atoms with van der Waals surface area (Å²) in [5, 5.41) is 7.02. The van der Waals surface area contributed by atoms with E-state index < -0.39 is 0 Å². The highest BCUT2D eigenvalue weighted by Gasteiger charge is 2.17. The van der Waals surface area contributed by atoms with E-state index in [1.54, 1.807) is 0 Å². The maximum absolute atomic E-state index is 6.22. The Kier molecular flexibility index (Phi) is 8.00. The molecule has 3 heterocycles. The molecule has 0 aliphatic carbocycles. The first-order valence-electron chi connectivity index (χ1n) is 20.1. The lowest BCUT2D eigenvalue weighted by molar-refractivity contribution is 0.669. The maximum Gasteiger partial charge on any atom is 0.164 e. The fourth-order valence-electron chi connectivity index (χ4n) is 8.60. The minimum atomic E-state index is 0.614. The van der Waals surface area contributed by atoms with Crippen LogP contribution in [-0.4, -0.2) is 15.0 Å². The van der Waals surface area contributed by atoms with Crippen molar-refractivity contribution in [2.75, 3.05) is 0 Å². The molecular weight excluding hydrogens is 751 g/mol. The van der Waals surface area contributed by atoms with Crippen molar-refractivity contribution in [2.24, 2.45) is 0 Å². The van der Waals surface area contributed by atoms with Gasteiger partial charge in [0.15, 0.2) is 17.5 Å². The lowest BCUT2D eigenvalue weighted by Crippen LogP contribution is -2.01. The summed E-state index contributed by atoms with van der Waals surface area (Å²) < 4.78 is 8.79. The molecule has 0 amide bonds. The lowest BCUT2D eigenvalue weighted by atomic mass is 9.98. The largest absolute Gasteiger partial charge is 0.456 e. The van der Waals surface area contributed by atoms with E-state index in [2.05, 4.69) is 176 Å². The SMILES string of the molecule is c1ccc(-c2ccc3c(-c4nc(-c5ccc(-c6cccc7oc8ccccc8c67)cc5)nc(-c5cccc(-c6ccc7c(c6)sc6ccccc67)c5)n4)cccc3c2)cc1. The van der Waals surface area contributed by atoms with Gasteiger partial charge in [0, 0.05) is 47.6 Å². The standard InChI is InChI=1S/C55H33N3OS/c1-2-11-34(12-3-1)38-27-29-42-40(31-38)14-9-19-46(42)55-57-53(36-25-23-35(24-26-36)43-18-10-21-49-52(43)47-17-4-6-20-48(47)59-49)56-54(58-55)41-15-8-13-37(32-41)39-28-30-45-44-16-5-7-22-50(44)60-51(45)33-39/h1-33H. The number of benzene rings is 9. The number of furan rings is 1. The molecule has 9 aromatic carbocycles. The minimum Gasteiger partial charge on any atom is -0.456 e. The van der Waals surface area contributed by atoms with Crippen LogP contribution in [0.15, 0.2) is 205 Å². The minimum absolute atomic E-state index is 0.614. The molecule has 0 N–H and O–H groups in total. The Labute approximate surface area is 349 Å². The molecule has 0 saturated heterocycles. The Morgan fingerprint density at radius 3 is 1.78 bits per heavy atom. The van der Waals surface area contributed by atoms with Crippen LogP contribution < -0.4 is 0 Å². The number of fused-ring (bicyclic) bond motifs is 7. The zero-order chi connectivity index (χ0) is 39.6. The van der Waals surface area contributed by atoms with Crippen LogP contribution in [0.2, 0.25) is 0 Å². The van der Waals surface area contributed by atoms with Gasteiger partial charge in [0.25, 0.3) is 0 Å². The van der Waals surface area contributed by atoms with E-state index in [9.17, 15) is 0 Å². The molecule has 280 valence electrons. The van der Waals surface area contributed by atoms with E-state index in [-0.39, 0.29) is 0 Å². The van der Waals surface area contributed by atoms with Crippen molar-refractivity contribution < 1.29 is 4.42 Å². The first-order chi connectivity index (χ1) is 29.7. The Hall–Kier alpha value is -7.73. The van der Waals surface area contributed by atoms with Crippen LogP contribution in [0.25, 0.3) is 120 Å². The third kappa shape index (κ3) is 5.86. The van der Waals surface area contributed by atoms with Gasteiger partial charge in [0.1, 0.15) is 11.2 Å². The Balaban J connectivity index is 0.991. The van der Waals surface area contributed by atoms with E-state index in [1.165, 1.54) is 31.3 Å². The summed E-state index contributed by atoms with van der Waals surface area (Å²) in [6.45, 7) is 0. The molecular formula is C55H33N3OS. The van der Waals surface area contributed by atoms with E-state index >= 15 is 0 Å². The van der Waals surface area contributed by atoms with Gasteiger partial charge in [-0.3, -0.25) is 0 Å². The Morgan fingerprint density at radius 1 is 0.317 bits per heavy atom. The van der Waals surface area contributed by atoms with Crippen LogP contribution in [0.5, 0.6) is 0 Å². The topological polar surface area (TPSA) is 51.8 Å². The van der Waals surface area contributed by atoms with Crippen LogP contribution in [0.3, 0.4) is 0 Å². The quantitative estimate of drug-likeness (QED) is 0.169. The van der Waals surface area contributed by atoms with Crippen LogP contribution in [0.1, 0.15) is 0 Å². The van der Waals surface area contributed by atoms with Gasteiger partial charge in [-0.05, 0) is 80.6 Å². The number of aromatic nitrogens is 3. The number of nitrogens with zero attached hydrogens (tertiary/aromatic N) is 3. The second-order valence-corrected chi connectivity index (χ2v) is 16.2. The normalized spacial score (nSPS) is 11.7. The summed E-state index contributed by atoms with van der Waals surface area (Å²) in [6.07, 6.45) is 0. The highest BCUT2D eigenvalue weighted by Crippen LogP contribution is 2.39. The molecule has 0 atom stereocenters. The maximum atomic E-state index is 6.22. The van der Waals surface area contributed by atoms with Gasteiger partial charge in [-0.15, -0.1) is 11.3 Å². The summed E-state index contributed by atoms with van der Waals surface area (Å²) in [5.41, 5.74) is 11.4. The first kappa shape index (κ1) is 34.3. The zero-order valence-corrected chi connectivity index (χ0v) is 33.0. The van der Waals surface area contributed by atoms with Crippen molar-refractivity contribution in [3.63, 3.8) is 0 Å². The van der Waals surface area contributed by atoms with E-state index in [1.807, 2.05) is 35.6 Å². The van der Waals surface area contributed by atoms with Crippen molar-refractivity contribution in [1.82, 2.24) is 15.0 Å². The molecule has 0 radical (unpaired) electrons. The van der Waals surface area contributed by atoms with Gasteiger partial charge in [0.2, 0.25) is 0 Å². The molecule has 5 heteroatoms. The van der Waals surface area contributed by atoms with Gasteiger partial charge in [-0.1, -0.05) is 164 Å². The average Bonchev–Trinajstić information content (AvgIpc) is 3.90. The smallest absolute Gasteiger partial charge is 0.164 e. The summed E-state index contributed by atoms with van der Waals surface area (Å²) in [7, 11) is 0. The molecule has 60 heavy (non-hydrogen) atoms. The molecule has 12 aromatic rings. The average molecular weight is 784 g/mol. The van der Waals surface area contributed by atoms with Gasteiger partial charge < -0.3 is 4.42 Å². The number of para-hydroxylation sites is 1. The third-order valence-electron chi connectivity index (χ3n) is 11.6.